The zero-order chi connectivity index (χ0) is 14.7. The van der Waals surface area contributed by atoms with Crippen LogP contribution < -0.4 is 5.43 Å². The van der Waals surface area contributed by atoms with E-state index in [9.17, 15) is 0 Å². The molecule has 1 heterocycles. The first-order valence-electron chi connectivity index (χ1n) is 6.31. The number of hydrogen-bond donors (Lipinski definition) is 1. The van der Waals surface area contributed by atoms with Gasteiger partial charge in [-0.05, 0) is 42.0 Å². The number of hydrogen-bond acceptors (Lipinski definition) is 3. The lowest BCUT2D eigenvalue weighted by Crippen LogP contribution is -1.91. The third-order valence-corrected chi connectivity index (χ3v) is 3.69. The van der Waals surface area contributed by atoms with Crippen LogP contribution in [0.4, 0.5) is 5.69 Å². The Morgan fingerprint density at radius 2 is 1.90 bits per heavy atom. The number of benzene rings is 2. The van der Waals surface area contributed by atoms with Gasteiger partial charge >= 0.3 is 0 Å². The van der Waals surface area contributed by atoms with E-state index in [2.05, 4.69) is 15.5 Å². The predicted octanol–water partition coefficient (Wildman–Crippen LogP) is 4.99. The first-order chi connectivity index (χ1) is 10.2. The summed E-state index contributed by atoms with van der Waals surface area (Å²) >= 11 is 11.8. The predicted molar refractivity (Wildman–Crippen MR) is 89.4 cm³/mol. The Morgan fingerprint density at radius 1 is 1.00 bits per heavy atom. The maximum Gasteiger partial charge on any atom is 0.0702 e. The fourth-order valence-corrected chi connectivity index (χ4v) is 2.22. The molecular weight excluding hydrogens is 305 g/mol. The number of halogens is 2. The van der Waals surface area contributed by atoms with Crippen LogP contribution in [0.25, 0.3) is 10.9 Å². The van der Waals surface area contributed by atoms with Crippen molar-refractivity contribution in [3.05, 3.63) is 70.3 Å². The lowest BCUT2D eigenvalue weighted by atomic mass is 10.1. The number of hydrazone groups is 1. The fourth-order valence-electron chi connectivity index (χ4n) is 1.92. The number of aromatic nitrogens is 1. The normalized spacial score (nSPS) is 11.1. The summed E-state index contributed by atoms with van der Waals surface area (Å²) in [7, 11) is 0. The van der Waals surface area contributed by atoms with Crippen molar-refractivity contribution in [2.75, 3.05) is 5.43 Å². The summed E-state index contributed by atoms with van der Waals surface area (Å²) in [6.07, 6.45) is 3.52. The third kappa shape index (κ3) is 3.32. The summed E-state index contributed by atoms with van der Waals surface area (Å²) in [6.45, 7) is 0. The second-order valence-corrected chi connectivity index (χ2v) is 5.27. The van der Waals surface area contributed by atoms with E-state index in [4.69, 9.17) is 23.2 Å². The van der Waals surface area contributed by atoms with Gasteiger partial charge in [-0.1, -0.05) is 35.3 Å². The Hall–Kier alpha value is -2.10. The van der Waals surface area contributed by atoms with Crippen LogP contribution in [0.3, 0.4) is 0 Å². The molecule has 3 aromatic rings. The van der Waals surface area contributed by atoms with Crippen LogP contribution in [-0.2, 0) is 0 Å². The van der Waals surface area contributed by atoms with E-state index < -0.39 is 0 Å². The molecule has 1 aromatic heterocycles. The van der Waals surface area contributed by atoms with Gasteiger partial charge in [0.2, 0.25) is 0 Å². The van der Waals surface area contributed by atoms with Crippen molar-refractivity contribution >= 4 is 46.0 Å². The molecule has 0 amide bonds. The second kappa shape index (κ2) is 6.12. The number of pyridine rings is 1. The molecular formula is C16H11Cl2N3. The first kappa shape index (κ1) is 13.9. The molecule has 5 heteroatoms. The topological polar surface area (TPSA) is 37.3 Å². The van der Waals surface area contributed by atoms with Gasteiger partial charge in [0.05, 0.1) is 27.5 Å². The lowest BCUT2D eigenvalue weighted by Gasteiger charge is -2.02. The SMILES string of the molecule is Clc1ccc(N/N=C\c2ccc3ncccc3c2)cc1Cl. The van der Waals surface area contributed by atoms with Crippen molar-refractivity contribution in [1.29, 1.82) is 0 Å². The second-order valence-electron chi connectivity index (χ2n) is 4.45. The van der Waals surface area contributed by atoms with Crippen molar-refractivity contribution in [3.8, 4) is 0 Å². The van der Waals surface area contributed by atoms with Gasteiger partial charge < -0.3 is 0 Å². The minimum absolute atomic E-state index is 0.494. The van der Waals surface area contributed by atoms with E-state index in [0.29, 0.717) is 10.0 Å². The Morgan fingerprint density at radius 3 is 2.76 bits per heavy atom. The molecule has 2 aromatic carbocycles. The molecule has 0 saturated carbocycles. The number of anilines is 1. The molecule has 0 radical (unpaired) electrons. The number of nitrogens with zero attached hydrogens (tertiary/aromatic N) is 2. The zero-order valence-electron chi connectivity index (χ0n) is 10.9. The van der Waals surface area contributed by atoms with Crippen LogP contribution >= 0.6 is 23.2 Å². The quantitative estimate of drug-likeness (QED) is 0.546. The van der Waals surface area contributed by atoms with Crippen molar-refractivity contribution in [3.63, 3.8) is 0 Å². The molecule has 0 aliphatic carbocycles. The molecule has 0 aliphatic rings. The molecule has 1 N–H and O–H groups in total. The number of rotatable bonds is 3. The summed E-state index contributed by atoms with van der Waals surface area (Å²) in [5.74, 6) is 0. The van der Waals surface area contributed by atoms with Crippen LogP contribution in [-0.4, -0.2) is 11.2 Å². The number of fused-ring (bicyclic) bond motifs is 1. The molecule has 0 atom stereocenters. The van der Waals surface area contributed by atoms with Crippen molar-refractivity contribution in [1.82, 2.24) is 4.98 Å². The van der Waals surface area contributed by atoms with Crippen LogP contribution in [0, 0.1) is 0 Å². The van der Waals surface area contributed by atoms with E-state index >= 15 is 0 Å². The molecule has 104 valence electrons. The highest BCUT2D eigenvalue weighted by molar-refractivity contribution is 6.42. The molecule has 0 unspecified atom stereocenters. The largest absolute Gasteiger partial charge is 0.278 e. The summed E-state index contributed by atoms with van der Waals surface area (Å²) in [6, 6.07) is 15.2. The maximum absolute atomic E-state index is 5.94. The van der Waals surface area contributed by atoms with Gasteiger partial charge in [0.15, 0.2) is 0 Å². The first-order valence-corrected chi connectivity index (χ1v) is 7.07. The summed E-state index contributed by atoms with van der Waals surface area (Å²) in [4.78, 5) is 4.28. The fraction of sp³-hybridized carbons (Fsp3) is 0. The zero-order valence-corrected chi connectivity index (χ0v) is 12.4. The Kier molecular flexibility index (Phi) is 4.04. The van der Waals surface area contributed by atoms with Crippen molar-refractivity contribution in [2.45, 2.75) is 0 Å². The molecule has 3 rings (SSSR count). The van der Waals surface area contributed by atoms with Crippen LogP contribution in [0.5, 0.6) is 0 Å². The molecule has 0 bridgehead atoms. The van der Waals surface area contributed by atoms with E-state index in [-0.39, 0.29) is 0 Å². The molecule has 3 nitrogen and oxygen atoms in total. The highest BCUT2D eigenvalue weighted by atomic mass is 35.5. The smallest absolute Gasteiger partial charge is 0.0702 e. The van der Waals surface area contributed by atoms with Gasteiger partial charge in [-0.2, -0.15) is 5.10 Å². The van der Waals surface area contributed by atoms with E-state index in [1.807, 2.05) is 36.4 Å². The summed E-state index contributed by atoms with van der Waals surface area (Å²) in [5, 5.41) is 6.29. The monoisotopic (exact) mass is 315 g/mol. The molecule has 0 fully saturated rings. The highest BCUT2D eigenvalue weighted by Gasteiger charge is 1.98. The van der Waals surface area contributed by atoms with E-state index in [0.717, 1.165) is 22.2 Å². The van der Waals surface area contributed by atoms with Gasteiger partial charge in [-0.15, -0.1) is 0 Å². The molecule has 21 heavy (non-hydrogen) atoms. The Balaban J connectivity index is 1.76. The average molecular weight is 316 g/mol. The average Bonchev–Trinajstić information content (AvgIpc) is 2.51. The van der Waals surface area contributed by atoms with Gasteiger partial charge in [0.1, 0.15) is 0 Å². The van der Waals surface area contributed by atoms with Crippen molar-refractivity contribution in [2.24, 2.45) is 5.10 Å². The van der Waals surface area contributed by atoms with Gasteiger partial charge in [0.25, 0.3) is 0 Å². The van der Waals surface area contributed by atoms with E-state index in [1.165, 1.54) is 0 Å². The molecule has 0 spiro atoms. The molecule has 0 aliphatic heterocycles. The molecule has 0 saturated heterocycles. The minimum atomic E-state index is 0.494. The Bertz CT molecular complexity index is 815. The Labute approximate surface area is 132 Å². The van der Waals surface area contributed by atoms with Gasteiger partial charge in [-0.25, -0.2) is 0 Å². The minimum Gasteiger partial charge on any atom is -0.278 e. The van der Waals surface area contributed by atoms with Crippen LogP contribution in [0.2, 0.25) is 10.0 Å². The van der Waals surface area contributed by atoms with Crippen molar-refractivity contribution < 1.29 is 0 Å². The maximum atomic E-state index is 5.94. The standard InChI is InChI=1S/C16H11Cl2N3/c17-14-5-4-13(9-15(14)18)21-20-10-11-3-6-16-12(8-11)2-1-7-19-16/h1-10,21H/b20-10-. The lowest BCUT2D eigenvalue weighted by molar-refractivity contribution is 1.35. The number of nitrogens with one attached hydrogen (secondary N) is 1. The van der Waals surface area contributed by atoms with Gasteiger partial charge in [-0.3, -0.25) is 10.4 Å². The third-order valence-electron chi connectivity index (χ3n) is 2.95. The highest BCUT2D eigenvalue weighted by Crippen LogP contribution is 2.24. The van der Waals surface area contributed by atoms with Crippen LogP contribution in [0.15, 0.2) is 59.8 Å². The van der Waals surface area contributed by atoms with Crippen LogP contribution in [0.1, 0.15) is 5.56 Å². The van der Waals surface area contributed by atoms with Gasteiger partial charge in [0, 0.05) is 11.6 Å². The summed E-state index contributed by atoms with van der Waals surface area (Å²) in [5.41, 5.74) is 5.65. The summed E-state index contributed by atoms with van der Waals surface area (Å²) < 4.78 is 0. The van der Waals surface area contributed by atoms with E-state index in [1.54, 1.807) is 24.5 Å².